The molecule has 0 bridgehead atoms. The number of anilines is 3. The summed E-state index contributed by atoms with van der Waals surface area (Å²) in [6, 6.07) is 15.3. The van der Waals surface area contributed by atoms with E-state index in [1.807, 2.05) is 17.0 Å². The van der Waals surface area contributed by atoms with Crippen molar-refractivity contribution in [1.29, 1.82) is 0 Å². The first-order valence-corrected chi connectivity index (χ1v) is 11.7. The second kappa shape index (κ2) is 11.0. The fraction of sp³-hybridized carbons (Fsp3) is 0.250. The zero-order valence-corrected chi connectivity index (χ0v) is 19.4. The Hall–Kier alpha value is -3.66. The number of aromatic nitrogens is 2. The first-order chi connectivity index (χ1) is 16.5. The third kappa shape index (κ3) is 5.63. The van der Waals surface area contributed by atoms with E-state index in [2.05, 4.69) is 20.2 Å². The van der Waals surface area contributed by atoms with E-state index in [1.54, 1.807) is 36.4 Å². The molecule has 10 heteroatoms. The molecule has 0 unspecified atom stereocenters. The fourth-order valence-electron chi connectivity index (χ4n) is 3.67. The van der Waals surface area contributed by atoms with Crippen molar-refractivity contribution in [2.24, 2.45) is 0 Å². The number of nitrogens with zero attached hydrogens (tertiary/aromatic N) is 4. The highest BCUT2D eigenvalue weighted by molar-refractivity contribution is 7.99. The van der Waals surface area contributed by atoms with Gasteiger partial charge in [0.25, 0.3) is 0 Å². The van der Waals surface area contributed by atoms with Crippen molar-refractivity contribution in [2.75, 3.05) is 54.2 Å². The number of thioether (sulfide) groups is 1. The van der Waals surface area contributed by atoms with Crippen LogP contribution in [0.2, 0.25) is 0 Å². The Bertz CT molecular complexity index is 1170. The molecule has 0 radical (unpaired) electrons. The van der Waals surface area contributed by atoms with Crippen LogP contribution in [0, 0.1) is 5.82 Å². The number of methoxy groups -OCH3 is 1. The number of piperazine rings is 1. The van der Waals surface area contributed by atoms with Gasteiger partial charge in [-0.3, -0.25) is 4.79 Å². The molecular formula is C24H24FN5O3S. The Morgan fingerprint density at radius 2 is 1.74 bits per heavy atom. The normalized spacial score (nSPS) is 13.5. The van der Waals surface area contributed by atoms with Crippen LogP contribution >= 0.6 is 11.8 Å². The molecule has 34 heavy (non-hydrogen) atoms. The van der Waals surface area contributed by atoms with E-state index in [1.165, 1.54) is 31.3 Å². The Morgan fingerprint density at radius 1 is 1.03 bits per heavy atom. The van der Waals surface area contributed by atoms with Crippen LogP contribution in [0.5, 0.6) is 0 Å². The molecule has 176 valence electrons. The molecule has 2 aromatic carbocycles. The van der Waals surface area contributed by atoms with Gasteiger partial charge in [-0.2, -0.15) is 0 Å². The van der Waals surface area contributed by atoms with Crippen molar-refractivity contribution >= 4 is 40.8 Å². The fourth-order valence-corrected chi connectivity index (χ4v) is 4.33. The highest BCUT2D eigenvalue weighted by Gasteiger charge is 2.21. The van der Waals surface area contributed by atoms with Gasteiger partial charge < -0.3 is 19.9 Å². The summed E-state index contributed by atoms with van der Waals surface area (Å²) in [5.74, 6) is -0.113. The third-order valence-corrected chi connectivity index (χ3v) is 6.31. The zero-order valence-electron chi connectivity index (χ0n) is 18.6. The van der Waals surface area contributed by atoms with Gasteiger partial charge in [-0.05, 0) is 24.3 Å². The molecule has 0 spiro atoms. The van der Waals surface area contributed by atoms with Crippen molar-refractivity contribution < 1.29 is 18.7 Å². The highest BCUT2D eigenvalue weighted by atomic mass is 32.2. The minimum Gasteiger partial charge on any atom is -0.465 e. The minimum absolute atomic E-state index is 0.118. The lowest BCUT2D eigenvalue weighted by atomic mass is 10.2. The summed E-state index contributed by atoms with van der Waals surface area (Å²) in [5.41, 5.74) is 1.30. The topological polar surface area (TPSA) is 87.7 Å². The molecule has 2 heterocycles. The molecule has 1 saturated heterocycles. The van der Waals surface area contributed by atoms with E-state index in [0.29, 0.717) is 48.1 Å². The zero-order chi connectivity index (χ0) is 23.9. The maximum Gasteiger partial charge on any atom is 0.339 e. The van der Waals surface area contributed by atoms with E-state index in [9.17, 15) is 14.0 Å². The number of carbonyl (C=O) groups excluding carboxylic acids is 2. The summed E-state index contributed by atoms with van der Waals surface area (Å²) in [5, 5.41) is 3.41. The first-order valence-electron chi connectivity index (χ1n) is 10.7. The summed E-state index contributed by atoms with van der Waals surface area (Å²) >= 11 is 1.28. The highest BCUT2D eigenvalue weighted by Crippen LogP contribution is 2.24. The van der Waals surface area contributed by atoms with Crippen LogP contribution in [0.1, 0.15) is 10.4 Å². The van der Waals surface area contributed by atoms with Gasteiger partial charge in [-0.1, -0.05) is 36.0 Å². The monoisotopic (exact) mass is 481 g/mol. The molecular weight excluding hydrogens is 457 g/mol. The molecule has 1 aromatic heterocycles. The number of halogens is 1. The van der Waals surface area contributed by atoms with Crippen molar-refractivity contribution in [3.63, 3.8) is 0 Å². The summed E-state index contributed by atoms with van der Waals surface area (Å²) in [6.07, 6.45) is 1.48. The average Bonchev–Trinajstić information content (AvgIpc) is 2.88. The van der Waals surface area contributed by atoms with Crippen LogP contribution in [-0.4, -0.2) is 60.9 Å². The van der Waals surface area contributed by atoms with Crippen LogP contribution in [-0.2, 0) is 9.53 Å². The molecule has 1 aliphatic rings. The van der Waals surface area contributed by atoms with Gasteiger partial charge in [-0.15, -0.1) is 0 Å². The summed E-state index contributed by atoms with van der Waals surface area (Å²) in [6.45, 7) is 2.74. The minimum atomic E-state index is -0.515. The SMILES string of the molecule is COC(=O)c1ccccc1NC(=O)CSc1cc(N2CCN(c3ccccc3F)CC2)ncn1. The van der Waals surface area contributed by atoms with Crippen molar-refractivity contribution in [1.82, 2.24) is 9.97 Å². The van der Waals surface area contributed by atoms with Crippen LogP contribution in [0.15, 0.2) is 66.0 Å². The van der Waals surface area contributed by atoms with Gasteiger partial charge in [0, 0.05) is 32.2 Å². The van der Waals surface area contributed by atoms with E-state index in [0.717, 1.165) is 5.82 Å². The molecule has 1 N–H and O–H groups in total. The second-order valence-corrected chi connectivity index (χ2v) is 8.51. The second-order valence-electron chi connectivity index (χ2n) is 7.51. The maximum absolute atomic E-state index is 14.1. The number of ether oxygens (including phenoxy) is 1. The molecule has 1 aliphatic heterocycles. The number of nitrogens with one attached hydrogen (secondary N) is 1. The van der Waals surface area contributed by atoms with Gasteiger partial charge in [0.15, 0.2) is 0 Å². The van der Waals surface area contributed by atoms with Crippen LogP contribution in [0.4, 0.5) is 21.6 Å². The van der Waals surface area contributed by atoms with Crippen LogP contribution in [0.3, 0.4) is 0 Å². The maximum atomic E-state index is 14.1. The van der Waals surface area contributed by atoms with E-state index in [-0.39, 0.29) is 17.5 Å². The number of rotatable bonds is 7. The Labute approximate surface area is 201 Å². The quantitative estimate of drug-likeness (QED) is 0.312. The van der Waals surface area contributed by atoms with Crippen molar-refractivity contribution in [3.05, 3.63) is 72.3 Å². The molecule has 3 aromatic rings. The molecule has 1 amide bonds. The number of carbonyl (C=O) groups is 2. The number of hydrogen-bond acceptors (Lipinski definition) is 8. The number of amides is 1. The summed E-state index contributed by atoms with van der Waals surface area (Å²) in [7, 11) is 1.29. The van der Waals surface area contributed by atoms with Crippen molar-refractivity contribution in [3.8, 4) is 0 Å². The third-order valence-electron chi connectivity index (χ3n) is 5.38. The Balaban J connectivity index is 1.33. The number of esters is 1. The van der Waals surface area contributed by atoms with Gasteiger partial charge >= 0.3 is 5.97 Å². The van der Waals surface area contributed by atoms with E-state index in [4.69, 9.17) is 4.74 Å². The van der Waals surface area contributed by atoms with Crippen molar-refractivity contribution in [2.45, 2.75) is 5.03 Å². The molecule has 0 aliphatic carbocycles. The first kappa shape index (κ1) is 23.5. The lowest BCUT2D eigenvalue weighted by Crippen LogP contribution is -2.47. The number of benzene rings is 2. The lowest BCUT2D eigenvalue weighted by Gasteiger charge is -2.36. The Kier molecular flexibility index (Phi) is 7.58. The van der Waals surface area contributed by atoms with E-state index >= 15 is 0 Å². The molecule has 0 atom stereocenters. The van der Waals surface area contributed by atoms with Crippen LogP contribution < -0.4 is 15.1 Å². The predicted molar refractivity (Wildman–Crippen MR) is 130 cm³/mol. The molecule has 4 rings (SSSR count). The summed E-state index contributed by atoms with van der Waals surface area (Å²) < 4.78 is 18.8. The predicted octanol–water partition coefficient (Wildman–Crippen LogP) is 3.46. The summed E-state index contributed by atoms with van der Waals surface area (Å²) in [4.78, 5) is 37.1. The largest absolute Gasteiger partial charge is 0.465 e. The average molecular weight is 482 g/mol. The number of para-hydroxylation sites is 2. The standard InChI is InChI=1S/C24H24FN5O3S/c1-33-24(32)17-6-2-4-8-19(17)28-22(31)15-34-23-14-21(26-16-27-23)30-12-10-29(11-13-30)20-9-5-3-7-18(20)25/h2-9,14,16H,10-13,15H2,1H3,(H,28,31). The lowest BCUT2D eigenvalue weighted by molar-refractivity contribution is -0.113. The van der Waals surface area contributed by atoms with Gasteiger partial charge in [-0.25, -0.2) is 19.2 Å². The van der Waals surface area contributed by atoms with Gasteiger partial charge in [0.2, 0.25) is 5.91 Å². The molecule has 0 saturated carbocycles. The molecule has 8 nitrogen and oxygen atoms in total. The number of hydrogen-bond donors (Lipinski definition) is 1. The molecule has 1 fully saturated rings. The van der Waals surface area contributed by atoms with Crippen LogP contribution in [0.25, 0.3) is 0 Å². The van der Waals surface area contributed by atoms with Gasteiger partial charge in [0.1, 0.15) is 23.0 Å². The van der Waals surface area contributed by atoms with Gasteiger partial charge in [0.05, 0.1) is 29.8 Å². The Morgan fingerprint density at radius 3 is 2.50 bits per heavy atom. The smallest absolute Gasteiger partial charge is 0.339 e. The van der Waals surface area contributed by atoms with E-state index < -0.39 is 5.97 Å².